The number of hydrogen-bond acceptors (Lipinski definition) is 4. The van der Waals surface area contributed by atoms with Crippen LogP contribution in [0.25, 0.3) is 0 Å². The van der Waals surface area contributed by atoms with E-state index in [2.05, 4.69) is 9.97 Å². The number of aryl methyl sites for hydroxylation is 1. The molecular formula is C10H14N2O3. The second-order valence-electron chi connectivity index (χ2n) is 3.16. The maximum Gasteiger partial charge on any atom is 0.354 e. The van der Waals surface area contributed by atoms with Gasteiger partial charge in [0, 0.05) is 18.4 Å². The van der Waals surface area contributed by atoms with Gasteiger partial charge in [-0.2, -0.15) is 0 Å². The van der Waals surface area contributed by atoms with Gasteiger partial charge in [-0.15, -0.1) is 0 Å². The Labute approximate surface area is 88.1 Å². The summed E-state index contributed by atoms with van der Waals surface area (Å²) in [4.78, 5) is 18.8. The van der Waals surface area contributed by atoms with Gasteiger partial charge in [0.2, 0.25) is 0 Å². The van der Waals surface area contributed by atoms with Gasteiger partial charge in [-0.1, -0.05) is 0 Å². The number of rotatable bonds is 4. The third-order valence-electron chi connectivity index (χ3n) is 1.97. The highest BCUT2D eigenvalue weighted by molar-refractivity contribution is 5.86. The van der Waals surface area contributed by atoms with E-state index in [1.165, 1.54) is 6.20 Å². The monoisotopic (exact) mass is 210 g/mol. The number of nitrogens with zero attached hydrogens (tertiary/aromatic N) is 2. The van der Waals surface area contributed by atoms with E-state index in [1.807, 2.05) is 6.92 Å². The summed E-state index contributed by atoms with van der Waals surface area (Å²) in [7, 11) is 0. The van der Waals surface area contributed by atoms with E-state index in [0.717, 1.165) is 0 Å². The molecule has 0 aromatic carbocycles. The van der Waals surface area contributed by atoms with Gasteiger partial charge in [-0.25, -0.2) is 14.8 Å². The Morgan fingerprint density at radius 1 is 1.67 bits per heavy atom. The van der Waals surface area contributed by atoms with E-state index < -0.39 is 5.97 Å². The standard InChI is InChI=1S/C10H14N2O3/c1-4-15-7(3)9-11-5-6(2)8(12-9)10(13)14/h5,7H,4H2,1-3H3,(H,13,14). The molecule has 0 aliphatic carbocycles. The van der Waals surface area contributed by atoms with Crippen molar-refractivity contribution in [3.63, 3.8) is 0 Å². The number of aromatic nitrogens is 2. The second-order valence-corrected chi connectivity index (χ2v) is 3.16. The number of hydrogen-bond donors (Lipinski definition) is 1. The molecule has 0 amide bonds. The molecule has 1 unspecified atom stereocenters. The van der Waals surface area contributed by atoms with E-state index in [-0.39, 0.29) is 11.8 Å². The SMILES string of the molecule is CCOC(C)c1ncc(C)c(C(=O)O)n1. The topological polar surface area (TPSA) is 72.3 Å². The van der Waals surface area contributed by atoms with Crippen molar-refractivity contribution in [2.24, 2.45) is 0 Å². The van der Waals surface area contributed by atoms with Crippen molar-refractivity contribution in [1.29, 1.82) is 0 Å². The van der Waals surface area contributed by atoms with Gasteiger partial charge in [0.15, 0.2) is 11.5 Å². The van der Waals surface area contributed by atoms with E-state index in [9.17, 15) is 4.79 Å². The zero-order valence-corrected chi connectivity index (χ0v) is 9.02. The first-order valence-electron chi connectivity index (χ1n) is 4.74. The Morgan fingerprint density at radius 3 is 2.87 bits per heavy atom. The van der Waals surface area contributed by atoms with Gasteiger partial charge < -0.3 is 9.84 Å². The summed E-state index contributed by atoms with van der Waals surface area (Å²) < 4.78 is 5.28. The van der Waals surface area contributed by atoms with E-state index >= 15 is 0 Å². The van der Waals surface area contributed by atoms with Crippen LogP contribution in [0.3, 0.4) is 0 Å². The van der Waals surface area contributed by atoms with Crippen LogP contribution in [-0.4, -0.2) is 27.7 Å². The molecule has 1 aromatic rings. The zero-order valence-electron chi connectivity index (χ0n) is 9.02. The zero-order chi connectivity index (χ0) is 11.4. The van der Waals surface area contributed by atoms with Crippen LogP contribution in [0.5, 0.6) is 0 Å². The van der Waals surface area contributed by atoms with Crippen molar-refractivity contribution in [2.45, 2.75) is 26.9 Å². The smallest absolute Gasteiger partial charge is 0.354 e. The first-order valence-corrected chi connectivity index (χ1v) is 4.74. The summed E-state index contributed by atoms with van der Waals surface area (Å²) in [5, 5.41) is 8.87. The summed E-state index contributed by atoms with van der Waals surface area (Å²) in [6.07, 6.45) is 1.22. The van der Waals surface area contributed by atoms with Crippen LogP contribution in [0.4, 0.5) is 0 Å². The van der Waals surface area contributed by atoms with Crippen molar-refractivity contribution in [3.05, 3.63) is 23.3 Å². The fraction of sp³-hybridized carbons (Fsp3) is 0.500. The Hall–Kier alpha value is -1.49. The fourth-order valence-electron chi connectivity index (χ4n) is 1.19. The predicted molar refractivity (Wildman–Crippen MR) is 53.8 cm³/mol. The van der Waals surface area contributed by atoms with Gasteiger partial charge in [0.25, 0.3) is 0 Å². The summed E-state index contributed by atoms with van der Waals surface area (Å²) in [6.45, 7) is 5.86. The first kappa shape index (κ1) is 11.6. The molecule has 1 N–H and O–H groups in total. The molecule has 0 aliphatic rings. The third kappa shape index (κ3) is 2.73. The molecule has 1 aromatic heterocycles. The molecular weight excluding hydrogens is 196 g/mol. The van der Waals surface area contributed by atoms with Crippen LogP contribution >= 0.6 is 0 Å². The lowest BCUT2D eigenvalue weighted by atomic mass is 10.2. The van der Waals surface area contributed by atoms with Crippen molar-refractivity contribution in [2.75, 3.05) is 6.61 Å². The average molecular weight is 210 g/mol. The van der Waals surface area contributed by atoms with Gasteiger partial charge in [-0.3, -0.25) is 0 Å². The highest BCUT2D eigenvalue weighted by Crippen LogP contribution is 2.13. The lowest BCUT2D eigenvalue weighted by molar-refractivity contribution is 0.0660. The van der Waals surface area contributed by atoms with Crippen LogP contribution in [-0.2, 0) is 4.74 Å². The summed E-state index contributed by atoms with van der Waals surface area (Å²) in [5.74, 6) is -0.639. The third-order valence-corrected chi connectivity index (χ3v) is 1.97. The quantitative estimate of drug-likeness (QED) is 0.816. The largest absolute Gasteiger partial charge is 0.477 e. The number of carboxylic acid groups (broad SMARTS) is 1. The fourth-order valence-corrected chi connectivity index (χ4v) is 1.19. The Kier molecular flexibility index (Phi) is 3.74. The minimum atomic E-state index is -1.04. The molecule has 0 fully saturated rings. The molecule has 0 aliphatic heterocycles. The Bertz CT molecular complexity index is 366. The molecule has 15 heavy (non-hydrogen) atoms. The van der Waals surface area contributed by atoms with Crippen molar-refractivity contribution in [1.82, 2.24) is 9.97 Å². The van der Waals surface area contributed by atoms with E-state index in [4.69, 9.17) is 9.84 Å². The molecule has 1 atom stereocenters. The van der Waals surface area contributed by atoms with E-state index in [1.54, 1.807) is 13.8 Å². The highest BCUT2D eigenvalue weighted by atomic mass is 16.5. The molecule has 0 bridgehead atoms. The van der Waals surface area contributed by atoms with E-state index in [0.29, 0.717) is 18.0 Å². The van der Waals surface area contributed by atoms with Crippen LogP contribution in [0.15, 0.2) is 6.20 Å². The highest BCUT2D eigenvalue weighted by Gasteiger charge is 2.14. The lowest BCUT2D eigenvalue weighted by Crippen LogP contribution is -2.11. The normalized spacial score (nSPS) is 12.5. The number of ether oxygens (including phenoxy) is 1. The van der Waals surface area contributed by atoms with Gasteiger partial charge in [0.05, 0.1) is 0 Å². The molecule has 0 saturated heterocycles. The molecule has 1 rings (SSSR count). The average Bonchev–Trinajstić information content (AvgIpc) is 2.18. The van der Waals surface area contributed by atoms with Gasteiger partial charge in [-0.05, 0) is 20.8 Å². The molecule has 0 saturated carbocycles. The van der Waals surface area contributed by atoms with Crippen LogP contribution < -0.4 is 0 Å². The summed E-state index contributed by atoms with van der Waals surface area (Å²) in [5.41, 5.74) is 0.585. The number of carboxylic acids is 1. The summed E-state index contributed by atoms with van der Waals surface area (Å²) >= 11 is 0. The second kappa shape index (κ2) is 4.84. The van der Waals surface area contributed by atoms with Gasteiger partial charge in [0.1, 0.15) is 6.10 Å². The minimum Gasteiger partial charge on any atom is -0.477 e. The first-order chi connectivity index (χ1) is 7.06. The minimum absolute atomic E-state index is 0.0338. The molecule has 0 radical (unpaired) electrons. The van der Waals surface area contributed by atoms with Crippen molar-refractivity contribution >= 4 is 5.97 Å². The lowest BCUT2D eigenvalue weighted by Gasteiger charge is -2.10. The molecule has 5 heteroatoms. The van der Waals surface area contributed by atoms with Crippen LogP contribution in [0.1, 0.15) is 41.8 Å². The van der Waals surface area contributed by atoms with Crippen molar-refractivity contribution in [3.8, 4) is 0 Å². The molecule has 5 nitrogen and oxygen atoms in total. The molecule has 0 spiro atoms. The maximum absolute atomic E-state index is 10.8. The van der Waals surface area contributed by atoms with Gasteiger partial charge >= 0.3 is 5.97 Å². The predicted octanol–water partition coefficient (Wildman–Crippen LogP) is 1.58. The Morgan fingerprint density at radius 2 is 2.33 bits per heavy atom. The van der Waals surface area contributed by atoms with Crippen molar-refractivity contribution < 1.29 is 14.6 Å². The number of carbonyl (C=O) groups is 1. The maximum atomic E-state index is 10.8. The number of aromatic carboxylic acids is 1. The molecule has 82 valence electrons. The van der Waals surface area contributed by atoms with Crippen LogP contribution in [0.2, 0.25) is 0 Å². The summed E-state index contributed by atoms with van der Waals surface area (Å²) in [6, 6.07) is 0. The van der Waals surface area contributed by atoms with Crippen LogP contribution in [0, 0.1) is 6.92 Å². The Balaban J connectivity index is 3.02. The molecule has 1 heterocycles.